The average molecular weight is 383 g/mol. The molecule has 1 aliphatic carbocycles. The van der Waals surface area contributed by atoms with E-state index in [1.807, 2.05) is 42.0 Å². The molecule has 0 saturated carbocycles. The first-order valence-corrected chi connectivity index (χ1v) is 10.6. The van der Waals surface area contributed by atoms with Gasteiger partial charge in [-0.05, 0) is 43.4 Å². The summed E-state index contributed by atoms with van der Waals surface area (Å²) in [6.07, 6.45) is 8.51. The fourth-order valence-corrected chi connectivity index (χ4v) is 5.75. The third-order valence-corrected chi connectivity index (χ3v) is 7.17. The van der Waals surface area contributed by atoms with Gasteiger partial charge in [0.1, 0.15) is 10.5 Å². The molecule has 132 valence electrons. The maximum atomic E-state index is 12.9. The van der Waals surface area contributed by atoms with Crippen LogP contribution in [0.5, 0.6) is 0 Å². The molecule has 0 unspecified atom stereocenters. The van der Waals surface area contributed by atoms with Crippen molar-refractivity contribution in [2.45, 2.75) is 36.6 Å². The van der Waals surface area contributed by atoms with E-state index in [0.717, 1.165) is 39.6 Å². The van der Waals surface area contributed by atoms with Gasteiger partial charge >= 0.3 is 0 Å². The first kappa shape index (κ1) is 16.1. The molecule has 0 N–H and O–H groups in total. The molecule has 0 amide bonds. The van der Waals surface area contributed by atoms with Crippen LogP contribution in [-0.4, -0.2) is 18.9 Å². The number of imidazole rings is 1. The minimum absolute atomic E-state index is 0.0897. The molecule has 0 saturated heterocycles. The summed E-state index contributed by atoms with van der Waals surface area (Å²) in [6, 6.07) is 5.96. The quantitative estimate of drug-likeness (QED) is 0.399. The average Bonchev–Trinajstić information content (AvgIpc) is 3.24. The maximum absolute atomic E-state index is 12.9. The van der Waals surface area contributed by atoms with E-state index in [4.69, 9.17) is 4.98 Å². The van der Waals surface area contributed by atoms with Crippen molar-refractivity contribution in [1.29, 1.82) is 0 Å². The standard InChI is InChI=1S/C19H18N4OS2/c1-22-18(24)16-13-6-2-3-7-14(13)26-17(16)21-19(22)25-11-12-10-23-9-5-4-8-15(23)20-12/h4-5,8-10H,2-3,6-7,11H2,1H3. The number of nitrogens with zero attached hydrogens (tertiary/aromatic N) is 4. The van der Waals surface area contributed by atoms with Crippen molar-refractivity contribution < 1.29 is 0 Å². The summed E-state index contributed by atoms with van der Waals surface area (Å²) in [6.45, 7) is 0. The molecule has 5 nitrogen and oxygen atoms in total. The van der Waals surface area contributed by atoms with E-state index in [-0.39, 0.29) is 5.56 Å². The first-order chi connectivity index (χ1) is 12.7. The summed E-state index contributed by atoms with van der Waals surface area (Å²) in [4.78, 5) is 24.6. The third-order valence-electron chi connectivity index (χ3n) is 4.92. The van der Waals surface area contributed by atoms with Crippen LogP contribution < -0.4 is 5.56 Å². The van der Waals surface area contributed by atoms with E-state index < -0.39 is 0 Å². The lowest BCUT2D eigenvalue weighted by atomic mass is 9.97. The van der Waals surface area contributed by atoms with E-state index in [2.05, 4.69) is 4.98 Å². The van der Waals surface area contributed by atoms with Crippen LogP contribution in [0.3, 0.4) is 0 Å². The van der Waals surface area contributed by atoms with Gasteiger partial charge in [0, 0.05) is 30.1 Å². The van der Waals surface area contributed by atoms with E-state index in [1.165, 1.54) is 23.3 Å². The van der Waals surface area contributed by atoms with Crippen LogP contribution in [0.1, 0.15) is 29.0 Å². The lowest BCUT2D eigenvalue weighted by Crippen LogP contribution is -2.20. The maximum Gasteiger partial charge on any atom is 0.262 e. The summed E-state index contributed by atoms with van der Waals surface area (Å²) >= 11 is 3.28. The van der Waals surface area contributed by atoms with Crippen LogP contribution in [0, 0.1) is 0 Å². The van der Waals surface area contributed by atoms with Crippen molar-refractivity contribution in [3.05, 3.63) is 57.1 Å². The van der Waals surface area contributed by atoms with Crippen molar-refractivity contribution >= 4 is 39.0 Å². The molecule has 0 aliphatic heterocycles. The summed E-state index contributed by atoms with van der Waals surface area (Å²) in [5.74, 6) is 0.693. The zero-order valence-electron chi connectivity index (χ0n) is 14.4. The van der Waals surface area contributed by atoms with Gasteiger partial charge in [0.2, 0.25) is 0 Å². The summed E-state index contributed by atoms with van der Waals surface area (Å²) in [5, 5.41) is 1.61. The normalized spacial score (nSPS) is 14.2. The molecule has 7 heteroatoms. The van der Waals surface area contributed by atoms with Gasteiger partial charge < -0.3 is 4.40 Å². The number of thiophene rings is 1. The second-order valence-electron chi connectivity index (χ2n) is 6.64. The zero-order valence-corrected chi connectivity index (χ0v) is 16.1. The Labute approximate surface area is 158 Å². The lowest BCUT2D eigenvalue weighted by Gasteiger charge is -2.10. The summed E-state index contributed by atoms with van der Waals surface area (Å²) in [5.41, 5.74) is 3.26. The number of aryl methyl sites for hydroxylation is 2. The minimum atomic E-state index is 0.0897. The monoisotopic (exact) mass is 382 g/mol. The van der Waals surface area contributed by atoms with E-state index >= 15 is 0 Å². The van der Waals surface area contributed by atoms with Crippen LogP contribution in [0.15, 0.2) is 40.5 Å². The topological polar surface area (TPSA) is 52.2 Å². The predicted molar refractivity (Wildman–Crippen MR) is 106 cm³/mol. The summed E-state index contributed by atoms with van der Waals surface area (Å²) < 4.78 is 3.71. The van der Waals surface area contributed by atoms with Gasteiger partial charge in [0.25, 0.3) is 5.56 Å². The van der Waals surface area contributed by atoms with Gasteiger partial charge in [0.05, 0.1) is 11.1 Å². The Bertz CT molecular complexity index is 1150. The molecule has 0 bridgehead atoms. The number of pyridine rings is 1. The molecule has 0 aromatic carbocycles. The van der Waals surface area contributed by atoms with Crippen molar-refractivity contribution in [2.75, 3.05) is 0 Å². The second-order valence-corrected chi connectivity index (χ2v) is 8.66. The Kier molecular flexibility index (Phi) is 3.86. The smallest absolute Gasteiger partial charge is 0.262 e. The zero-order chi connectivity index (χ0) is 17.7. The van der Waals surface area contributed by atoms with Crippen molar-refractivity contribution in [3.63, 3.8) is 0 Å². The molecule has 26 heavy (non-hydrogen) atoms. The van der Waals surface area contributed by atoms with Gasteiger partial charge in [-0.25, -0.2) is 9.97 Å². The van der Waals surface area contributed by atoms with Crippen molar-refractivity contribution in [1.82, 2.24) is 18.9 Å². The molecular weight excluding hydrogens is 364 g/mol. The Hall–Kier alpha value is -2.12. The fraction of sp³-hybridized carbons (Fsp3) is 0.316. The molecule has 4 heterocycles. The Balaban J connectivity index is 1.50. The van der Waals surface area contributed by atoms with Crippen molar-refractivity contribution in [3.8, 4) is 0 Å². The van der Waals surface area contributed by atoms with Gasteiger partial charge in [-0.3, -0.25) is 9.36 Å². The van der Waals surface area contributed by atoms with Gasteiger partial charge in [-0.2, -0.15) is 0 Å². The Morgan fingerprint density at radius 1 is 1.23 bits per heavy atom. The van der Waals surface area contributed by atoms with Gasteiger partial charge in [-0.1, -0.05) is 17.8 Å². The molecule has 0 radical (unpaired) electrons. The molecule has 1 aliphatic rings. The van der Waals surface area contributed by atoms with Crippen LogP contribution >= 0.6 is 23.1 Å². The number of fused-ring (bicyclic) bond motifs is 4. The third kappa shape index (κ3) is 2.57. The molecule has 0 atom stereocenters. The SMILES string of the molecule is Cn1c(SCc2cn3ccccc3n2)nc2sc3c(c2c1=O)CCCC3. The van der Waals surface area contributed by atoms with Gasteiger partial charge in [0.15, 0.2) is 5.16 Å². The molecule has 4 aromatic heterocycles. The Morgan fingerprint density at radius 3 is 3.00 bits per heavy atom. The number of thioether (sulfide) groups is 1. The minimum Gasteiger partial charge on any atom is -0.307 e. The number of rotatable bonds is 3. The fourth-order valence-electron chi connectivity index (χ4n) is 3.59. The van der Waals surface area contributed by atoms with Crippen molar-refractivity contribution in [2.24, 2.45) is 7.05 Å². The van der Waals surface area contributed by atoms with E-state index in [1.54, 1.807) is 27.7 Å². The number of hydrogen-bond acceptors (Lipinski definition) is 5. The van der Waals surface area contributed by atoms with Crippen LogP contribution in [-0.2, 0) is 25.6 Å². The second kappa shape index (κ2) is 6.25. The highest BCUT2D eigenvalue weighted by Gasteiger charge is 2.21. The highest BCUT2D eigenvalue weighted by molar-refractivity contribution is 7.98. The molecule has 5 rings (SSSR count). The van der Waals surface area contributed by atoms with E-state index in [0.29, 0.717) is 5.75 Å². The van der Waals surface area contributed by atoms with Crippen LogP contribution in [0.25, 0.3) is 15.9 Å². The predicted octanol–water partition coefficient (Wildman–Crippen LogP) is 3.81. The van der Waals surface area contributed by atoms with E-state index in [9.17, 15) is 4.79 Å². The molecule has 0 spiro atoms. The highest BCUT2D eigenvalue weighted by atomic mass is 32.2. The number of hydrogen-bond donors (Lipinski definition) is 0. The molecular formula is C19H18N4OS2. The summed E-state index contributed by atoms with van der Waals surface area (Å²) in [7, 11) is 1.83. The number of aromatic nitrogens is 4. The highest BCUT2D eigenvalue weighted by Crippen LogP contribution is 2.34. The van der Waals surface area contributed by atoms with Gasteiger partial charge in [-0.15, -0.1) is 11.3 Å². The first-order valence-electron chi connectivity index (χ1n) is 8.77. The lowest BCUT2D eigenvalue weighted by molar-refractivity contribution is 0.695. The largest absolute Gasteiger partial charge is 0.307 e. The Morgan fingerprint density at radius 2 is 2.12 bits per heavy atom. The molecule has 4 aromatic rings. The van der Waals surface area contributed by atoms with Crippen LogP contribution in [0.2, 0.25) is 0 Å². The van der Waals surface area contributed by atoms with Crippen LogP contribution in [0.4, 0.5) is 0 Å². The molecule has 0 fully saturated rings.